The smallest absolute Gasteiger partial charge is 0.287 e. The van der Waals surface area contributed by atoms with Gasteiger partial charge in [-0.1, -0.05) is 76.2 Å². The van der Waals surface area contributed by atoms with E-state index in [4.69, 9.17) is 4.42 Å². The number of hydrogen-bond acceptors (Lipinski definition) is 3. The molecular formula is C32H33NO3. The molecule has 0 unspecified atom stereocenters. The van der Waals surface area contributed by atoms with Crippen molar-refractivity contribution in [3.05, 3.63) is 106 Å². The van der Waals surface area contributed by atoms with Gasteiger partial charge in [0.1, 0.15) is 0 Å². The third-order valence-corrected chi connectivity index (χ3v) is 7.82. The Kier molecular flexibility index (Phi) is 5.86. The summed E-state index contributed by atoms with van der Waals surface area (Å²) in [7, 11) is 0. The van der Waals surface area contributed by atoms with Crippen LogP contribution in [-0.2, 0) is 17.4 Å². The fourth-order valence-corrected chi connectivity index (χ4v) is 5.39. The zero-order valence-electron chi connectivity index (χ0n) is 21.7. The predicted molar refractivity (Wildman–Crippen MR) is 144 cm³/mol. The van der Waals surface area contributed by atoms with Crippen molar-refractivity contribution in [2.45, 2.75) is 64.8 Å². The Morgan fingerprint density at radius 3 is 2.22 bits per heavy atom. The minimum atomic E-state index is -0.341. The number of ketones is 1. The second-order valence-corrected chi connectivity index (χ2v) is 11.3. The first-order valence-electron chi connectivity index (χ1n) is 12.6. The normalized spacial score (nSPS) is 15.9. The van der Waals surface area contributed by atoms with E-state index in [0.717, 1.165) is 34.7 Å². The highest BCUT2D eigenvalue weighted by atomic mass is 16.4. The van der Waals surface area contributed by atoms with Crippen molar-refractivity contribution in [1.82, 2.24) is 5.32 Å². The van der Waals surface area contributed by atoms with Crippen molar-refractivity contribution in [1.29, 1.82) is 0 Å². The van der Waals surface area contributed by atoms with E-state index in [-0.39, 0.29) is 34.0 Å². The minimum Gasteiger partial charge on any atom is -0.447 e. The number of nitrogens with one attached hydrogen (secondary N) is 1. The van der Waals surface area contributed by atoms with E-state index in [9.17, 15) is 9.59 Å². The molecule has 1 N–H and O–H groups in total. The Morgan fingerprint density at radius 2 is 1.47 bits per heavy atom. The Hall–Kier alpha value is -3.66. The van der Waals surface area contributed by atoms with E-state index in [1.165, 1.54) is 11.1 Å². The maximum Gasteiger partial charge on any atom is 0.287 e. The van der Waals surface area contributed by atoms with Crippen molar-refractivity contribution in [2.24, 2.45) is 0 Å². The molecule has 4 aromatic rings. The number of benzene rings is 3. The average Bonchev–Trinajstić information content (AvgIpc) is 3.35. The van der Waals surface area contributed by atoms with Crippen LogP contribution in [0.3, 0.4) is 0 Å². The van der Waals surface area contributed by atoms with Gasteiger partial charge in [-0.25, -0.2) is 0 Å². The van der Waals surface area contributed by atoms with Gasteiger partial charge in [0.2, 0.25) is 5.78 Å². The maximum absolute atomic E-state index is 13.5. The Bertz CT molecular complexity index is 1480. The molecule has 3 aromatic carbocycles. The molecule has 1 heterocycles. The van der Waals surface area contributed by atoms with Gasteiger partial charge in [0.05, 0.1) is 0 Å². The first-order valence-corrected chi connectivity index (χ1v) is 12.6. The van der Waals surface area contributed by atoms with E-state index >= 15 is 0 Å². The molecule has 36 heavy (non-hydrogen) atoms. The lowest BCUT2D eigenvalue weighted by Gasteiger charge is -2.42. The Morgan fingerprint density at radius 1 is 0.833 bits per heavy atom. The Labute approximate surface area is 212 Å². The predicted octanol–water partition coefficient (Wildman–Crippen LogP) is 7.25. The number of fused-ring (bicyclic) bond motifs is 2. The SMILES string of the molecule is Cc1cc2c(cc1C(=O)c1ccc(C(=O)NCc3cccc4ccccc34)o1)C(C)(C)CCC2(C)C. The van der Waals surface area contributed by atoms with Crippen LogP contribution in [0.15, 0.2) is 71.1 Å². The number of rotatable bonds is 5. The Balaban J connectivity index is 1.37. The van der Waals surface area contributed by atoms with Crippen LogP contribution in [0.25, 0.3) is 10.8 Å². The molecule has 0 spiro atoms. The zero-order valence-corrected chi connectivity index (χ0v) is 21.7. The maximum atomic E-state index is 13.5. The molecule has 1 aliphatic rings. The fourth-order valence-electron chi connectivity index (χ4n) is 5.39. The molecule has 1 aliphatic carbocycles. The summed E-state index contributed by atoms with van der Waals surface area (Å²) in [4.78, 5) is 26.3. The largest absolute Gasteiger partial charge is 0.447 e. The summed E-state index contributed by atoms with van der Waals surface area (Å²) in [5.74, 6) is -0.216. The van der Waals surface area contributed by atoms with E-state index in [0.29, 0.717) is 12.1 Å². The molecule has 0 atom stereocenters. The second-order valence-electron chi connectivity index (χ2n) is 11.3. The second kappa shape index (κ2) is 8.77. The summed E-state index contributed by atoms with van der Waals surface area (Å²) < 4.78 is 5.77. The van der Waals surface area contributed by atoms with Gasteiger partial charge >= 0.3 is 0 Å². The molecule has 0 fully saturated rings. The highest BCUT2D eigenvalue weighted by Crippen LogP contribution is 2.46. The summed E-state index contributed by atoms with van der Waals surface area (Å²) >= 11 is 0. The van der Waals surface area contributed by atoms with Crippen molar-refractivity contribution in [3.8, 4) is 0 Å². The van der Waals surface area contributed by atoms with Crippen LogP contribution in [0.4, 0.5) is 0 Å². The van der Waals surface area contributed by atoms with Gasteiger partial charge in [0, 0.05) is 12.1 Å². The monoisotopic (exact) mass is 479 g/mol. The summed E-state index contributed by atoms with van der Waals surface area (Å²) in [6.45, 7) is 11.4. The number of amides is 1. The fraction of sp³-hybridized carbons (Fsp3) is 0.312. The minimum absolute atomic E-state index is 0.00338. The number of furan rings is 1. The molecule has 1 aromatic heterocycles. The van der Waals surface area contributed by atoms with Gasteiger partial charge in [-0.2, -0.15) is 0 Å². The van der Waals surface area contributed by atoms with Crippen LogP contribution >= 0.6 is 0 Å². The van der Waals surface area contributed by atoms with Crippen molar-refractivity contribution >= 4 is 22.5 Å². The molecule has 0 saturated carbocycles. The van der Waals surface area contributed by atoms with E-state index in [1.54, 1.807) is 12.1 Å². The number of carbonyl (C=O) groups is 2. The zero-order chi connectivity index (χ0) is 25.7. The van der Waals surface area contributed by atoms with E-state index < -0.39 is 0 Å². The lowest BCUT2D eigenvalue weighted by Crippen LogP contribution is -2.34. The molecule has 4 heteroatoms. The van der Waals surface area contributed by atoms with Crippen LogP contribution in [-0.4, -0.2) is 11.7 Å². The first-order chi connectivity index (χ1) is 17.1. The summed E-state index contributed by atoms with van der Waals surface area (Å²) in [5, 5.41) is 5.16. The molecule has 184 valence electrons. The van der Waals surface area contributed by atoms with Crippen LogP contribution in [0.1, 0.15) is 89.5 Å². The number of hydrogen-bond donors (Lipinski definition) is 1. The van der Waals surface area contributed by atoms with Crippen LogP contribution < -0.4 is 5.32 Å². The van der Waals surface area contributed by atoms with Crippen LogP contribution in [0.5, 0.6) is 0 Å². The molecule has 0 radical (unpaired) electrons. The molecular weight excluding hydrogens is 446 g/mol. The van der Waals surface area contributed by atoms with E-state index in [2.05, 4.69) is 57.3 Å². The molecule has 5 rings (SSSR count). The lowest BCUT2D eigenvalue weighted by molar-refractivity contribution is 0.0917. The van der Waals surface area contributed by atoms with Crippen molar-refractivity contribution < 1.29 is 14.0 Å². The van der Waals surface area contributed by atoms with Gasteiger partial charge in [-0.05, 0) is 81.8 Å². The molecule has 1 amide bonds. The lowest BCUT2D eigenvalue weighted by atomic mass is 9.62. The highest BCUT2D eigenvalue weighted by molar-refractivity contribution is 6.09. The summed E-state index contributed by atoms with van der Waals surface area (Å²) in [6, 6.07) is 21.5. The average molecular weight is 480 g/mol. The summed E-state index contributed by atoms with van der Waals surface area (Å²) in [5.41, 5.74) is 5.23. The molecule has 0 saturated heterocycles. The van der Waals surface area contributed by atoms with E-state index in [1.807, 2.05) is 37.3 Å². The van der Waals surface area contributed by atoms with Gasteiger partial charge in [-0.15, -0.1) is 0 Å². The highest BCUT2D eigenvalue weighted by Gasteiger charge is 2.38. The third kappa shape index (κ3) is 4.26. The van der Waals surface area contributed by atoms with Gasteiger partial charge < -0.3 is 9.73 Å². The van der Waals surface area contributed by atoms with Crippen LogP contribution in [0, 0.1) is 6.92 Å². The van der Waals surface area contributed by atoms with Gasteiger partial charge in [0.25, 0.3) is 5.91 Å². The van der Waals surface area contributed by atoms with Crippen molar-refractivity contribution in [3.63, 3.8) is 0 Å². The van der Waals surface area contributed by atoms with Crippen molar-refractivity contribution in [2.75, 3.05) is 0 Å². The van der Waals surface area contributed by atoms with Gasteiger partial charge in [0.15, 0.2) is 11.5 Å². The third-order valence-electron chi connectivity index (χ3n) is 7.82. The number of aryl methyl sites for hydroxylation is 1. The first kappa shape index (κ1) is 24.1. The molecule has 4 nitrogen and oxygen atoms in total. The molecule has 0 aliphatic heterocycles. The van der Waals surface area contributed by atoms with Crippen LogP contribution in [0.2, 0.25) is 0 Å². The topological polar surface area (TPSA) is 59.3 Å². The summed E-state index contributed by atoms with van der Waals surface area (Å²) in [6.07, 6.45) is 2.20. The standard InChI is InChI=1S/C32H33NO3/c1-20-17-25-26(32(4,5)16-15-31(25,2)3)18-24(20)29(34)27-13-14-28(36-27)30(35)33-19-22-11-8-10-21-9-6-7-12-23(21)22/h6-14,17-18H,15-16,19H2,1-5H3,(H,33,35). The molecule has 0 bridgehead atoms. The van der Waals surface area contributed by atoms with Gasteiger partial charge in [-0.3, -0.25) is 9.59 Å². The number of carbonyl (C=O) groups excluding carboxylic acids is 2. The quantitative estimate of drug-likeness (QED) is 0.307.